The number of benzene rings is 2. The molecule has 34 heavy (non-hydrogen) atoms. The fraction of sp³-hybridized carbons (Fsp3) is 0.240. The Kier molecular flexibility index (Phi) is 5.29. The van der Waals surface area contributed by atoms with Crippen LogP contribution in [0.1, 0.15) is 29.9 Å². The molecule has 172 valence electrons. The average Bonchev–Trinajstić information content (AvgIpc) is 3.40. The molecule has 0 saturated heterocycles. The molecule has 4 heterocycles. The van der Waals surface area contributed by atoms with Gasteiger partial charge in [0.05, 0.1) is 23.3 Å². The summed E-state index contributed by atoms with van der Waals surface area (Å²) in [6.45, 7) is 4.64. The van der Waals surface area contributed by atoms with Gasteiger partial charge in [0.25, 0.3) is 5.56 Å². The monoisotopic (exact) mass is 508 g/mol. The maximum Gasteiger partial charge on any atom is 0.268 e. The van der Waals surface area contributed by atoms with Crippen LogP contribution in [0.25, 0.3) is 21.7 Å². The molecule has 1 aliphatic rings. The zero-order chi connectivity index (χ0) is 23.4. The van der Waals surface area contributed by atoms with Crippen molar-refractivity contribution in [3.63, 3.8) is 0 Å². The first-order chi connectivity index (χ1) is 16.4. The Morgan fingerprint density at radius 1 is 1.12 bits per heavy atom. The Balaban J connectivity index is 1.59. The molecule has 0 radical (unpaired) electrons. The zero-order valence-electron chi connectivity index (χ0n) is 18.6. The van der Waals surface area contributed by atoms with Crippen LogP contribution in [0.5, 0.6) is 0 Å². The summed E-state index contributed by atoms with van der Waals surface area (Å²) in [7, 11) is 0. The van der Waals surface area contributed by atoms with Crippen LogP contribution in [0.15, 0.2) is 64.5 Å². The van der Waals surface area contributed by atoms with Gasteiger partial charge in [-0.05, 0) is 49.2 Å². The molecule has 0 spiro atoms. The first kappa shape index (κ1) is 21.9. The molecule has 0 amide bonds. The van der Waals surface area contributed by atoms with E-state index in [4.69, 9.17) is 16.3 Å². The highest BCUT2D eigenvalue weighted by molar-refractivity contribution is 7.98. The van der Waals surface area contributed by atoms with Gasteiger partial charge in [-0.15, -0.1) is 21.5 Å². The largest absolute Gasteiger partial charge is 0.370 e. The Hall–Kier alpha value is -2.65. The van der Waals surface area contributed by atoms with Crippen molar-refractivity contribution in [2.45, 2.75) is 43.4 Å². The van der Waals surface area contributed by atoms with Crippen molar-refractivity contribution in [3.05, 3.63) is 86.0 Å². The summed E-state index contributed by atoms with van der Waals surface area (Å²) in [5.74, 6) is 1.23. The number of aromatic nitrogens is 4. The van der Waals surface area contributed by atoms with Gasteiger partial charge in [0, 0.05) is 22.1 Å². The zero-order valence-corrected chi connectivity index (χ0v) is 21.0. The molecule has 1 aliphatic heterocycles. The van der Waals surface area contributed by atoms with Gasteiger partial charge in [0.2, 0.25) is 5.78 Å². The third-order valence-electron chi connectivity index (χ3n) is 6.00. The van der Waals surface area contributed by atoms with E-state index >= 15 is 0 Å². The maximum absolute atomic E-state index is 13.9. The van der Waals surface area contributed by atoms with Crippen molar-refractivity contribution in [1.29, 1.82) is 0 Å². The number of ether oxygens (including phenoxy) is 1. The Morgan fingerprint density at radius 2 is 1.88 bits per heavy atom. The van der Waals surface area contributed by atoms with E-state index in [-0.39, 0.29) is 11.2 Å². The van der Waals surface area contributed by atoms with Crippen molar-refractivity contribution < 1.29 is 4.74 Å². The number of thioether (sulfide) groups is 1. The van der Waals surface area contributed by atoms with Crippen molar-refractivity contribution >= 4 is 50.7 Å². The average molecular weight is 509 g/mol. The van der Waals surface area contributed by atoms with Crippen LogP contribution in [0, 0.1) is 0 Å². The first-order valence-corrected chi connectivity index (χ1v) is 13.1. The van der Waals surface area contributed by atoms with Crippen LogP contribution in [-0.2, 0) is 23.5 Å². The van der Waals surface area contributed by atoms with Crippen LogP contribution >= 0.6 is 34.7 Å². The van der Waals surface area contributed by atoms with Crippen LogP contribution < -0.4 is 5.56 Å². The minimum Gasteiger partial charge on any atom is -0.370 e. The minimum absolute atomic E-state index is 0.0643. The fourth-order valence-electron chi connectivity index (χ4n) is 4.34. The van der Waals surface area contributed by atoms with Crippen molar-refractivity contribution in [2.75, 3.05) is 0 Å². The summed E-state index contributed by atoms with van der Waals surface area (Å²) in [5, 5.41) is 11.2. The predicted octanol–water partition coefficient (Wildman–Crippen LogP) is 5.89. The van der Waals surface area contributed by atoms with Gasteiger partial charge in [0.15, 0.2) is 5.16 Å². The number of fused-ring (bicyclic) bond motifs is 5. The molecule has 2 aromatic carbocycles. The standard InChI is InChI=1S/C25H21ClN4O2S2/c1-25(2)12-18-19(13-32-25)34-22-20(18)21(31)29(17-6-4-3-5-7-17)23-27-28-24(30(22)23)33-14-15-8-10-16(26)11-9-15/h3-11H,12-14H2,1-2H3. The predicted molar refractivity (Wildman–Crippen MR) is 138 cm³/mol. The minimum atomic E-state index is -0.320. The summed E-state index contributed by atoms with van der Waals surface area (Å²) in [4.78, 5) is 15.9. The molecule has 0 fully saturated rings. The third-order valence-corrected chi connectivity index (χ3v) is 8.44. The number of rotatable bonds is 4. The van der Waals surface area contributed by atoms with E-state index in [2.05, 4.69) is 24.0 Å². The SMILES string of the molecule is CC1(C)Cc2c(sc3c2c(=O)n(-c2ccccc2)c2nnc(SCc4ccc(Cl)cc4)n32)CO1. The Morgan fingerprint density at radius 3 is 2.65 bits per heavy atom. The number of halogens is 1. The quantitative estimate of drug-likeness (QED) is 0.283. The third kappa shape index (κ3) is 3.65. The van der Waals surface area contributed by atoms with Crippen molar-refractivity contribution in [2.24, 2.45) is 0 Å². The summed E-state index contributed by atoms with van der Waals surface area (Å²) in [6.07, 6.45) is 0.688. The van der Waals surface area contributed by atoms with E-state index in [1.807, 2.05) is 59.0 Å². The maximum atomic E-state index is 13.9. The van der Waals surface area contributed by atoms with Crippen LogP contribution in [0.3, 0.4) is 0 Å². The van der Waals surface area contributed by atoms with E-state index < -0.39 is 0 Å². The van der Waals surface area contributed by atoms with Gasteiger partial charge in [0.1, 0.15) is 4.83 Å². The topological polar surface area (TPSA) is 61.4 Å². The second kappa shape index (κ2) is 8.23. The number of hydrogen-bond acceptors (Lipinski definition) is 6. The van der Waals surface area contributed by atoms with Gasteiger partial charge in [-0.1, -0.05) is 53.7 Å². The van der Waals surface area contributed by atoms with E-state index in [0.717, 1.165) is 37.1 Å². The van der Waals surface area contributed by atoms with E-state index in [1.54, 1.807) is 27.7 Å². The van der Waals surface area contributed by atoms with Crippen LogP contribution in [-0.4, -0.2) is 24.8 Å². The number of para-hydroxylation sites is 1. The molecule has 0 N–H and O–H groups in total. The first-order valence-electron chi connectivity index (χ1n) is 10.9. The molecule has 0 unspecified atom stereocenters. The van der Waals surface area contributed by atoms with Gasteiger partial charge in [-0.3, -0.25) is 4.79 Å². The summed E-state index contributed by atoms with van der Waals surface area (Å²) < 4.78 is 9.77. The highest BCUT2D eigenvalue weighted by Gasteiger charge is 2.32. The lowest BCUT2D eigenvalue weighted by Gasteiger charge is -2.29. The summed E-state index contributed by atoms with van der Waals surface area (Å²) in [5.41, 5.74) is 2.60. The Labute approximate surface area is 209 Å². The highest BCUT2D eigenvalue weighted by Crippen LogP contribution is 2.39. The van der Waals surface area contributed by atoms with Gasteiger partial charge < -0.3 is 4.74 Å². The van der Waals surface area contributed by atoms with E-state index in [0.29, 0.717) is 29.6 Å². The lowest BCUT2D eigenvalue weighted by molar-refractivity contribution is -0.0379. The molecule has 3 aromatic heterocycles. The molecule has 6 nitrogen and oxygen atoms in total. The smallest absolute Gasteiger partial charge is 0.268 e. The molecular weight excluding hydrogens is 488 g/mol. The second-order valence-corrected chi connectivity index (χ2v) is 11.4. The number of hydrogen-bond donors (Lipinski definition) is 0. The normalized spacial score (nSPS) is 15.1. The van der Waals surface area contributed by atoms with Crippen molar-refractivity contribution in [1.82, 2.24) is 19.2 Å². The molecule has 5 aromatic rings. The van der Waals surface area contributed by atoms with Gasteiger partial charge in [-0.2, -0.15) is 0 Å². The second-order valence-electron chi connectivity index (χ2n) is 8.92. The lowest BCUT2D eigenvalue weighted by Crippen LogP contribution is -2.32. The Bertz CT molecular complexity index is 1590. The van der Waals surface area contributed by atoms with Gasteiger partial charge in [-0.25, -0.2) is 8.97 Å². The van der Waals surface area contributed by atoms with E-state index in [1.165, 1.54) is 0 Å². The van der Waals surface area contributed by atoms with Gasteiger partial charge >= 0.3 is 0 Å². The van der Waals surface area contributed by atoms with E-state index in [9.17, 15) is 4.79 Å². The molecule has 9 heteroatoms. The number of nitrogens with zero attached hydrogens (tertiary/aromatic N) is 4. The molecule has 0 bridgehead atoms. The molecule has 6 rings (SSSR count). The summed E-state index contributed by atoms with van der Waals surface area (Å²) in [6, 6.07) is 17.4. The molecule has 0 atom stereocenters. The molecule has 0 aliphatic carbocycles. The van der Waals surface area contributed by atoms with Crippen LogP contribution in [0.4, 0.5) is 0 Å². The fourth-order valence-corrected chi connectivity index (χ4v) is 6.63. The molecule has 0 saturated carbocycles. The number of thiophene rings is 1. The highest BCUT2D eigenvalue weighted by atomic mass is 35.5. The molecular formula is C25H21ClN4O2S2. The van der Waals surface area contributed by atoms with Crippen LogP contribution in [0.2, 0.25) is 5.02 Å². The lowest BCUT2D eigenvalue weighted by atomic mass is 9.94. The summed E-state index contributed by atoms with van der Waals surface area (Å²) >= 11 is 9.24. The van der Waals surface area contributed by atoms with Crippen molar-refractivity contribution in [3.8, 4) is 5.69 Å².